The van der Waals surface area contributed by atoms with Gasteiger partial charge in [0.15, 0.2) is 0 Å². The summed E-state index contributed by atoms with van der Waals surface area (Å²) in [5.41, 5.74) is 7.60. The number of hydrogen-bond acceptors (Lipinski definition) is 4. The molecule has 1 atom stereocenters. The van der Waals surface area contributed by atoms with Crippen LogP contribution in [0.3, 0.4) is 0 Å². The first-order valence-electron chi connectivity index (χ1n) is 5.65. The van der Waals surface area contributed by atoms with Crippen LogP contribution in [-0.2, 0) is 4.74 Å². The fourth-order valence-corrected chi connectivity index (χ4v) is 1.53. The Kier molecular flexibility index (Phi) is 3.69. The number of nitrogens with zero attached hydrogens (tertiary/aromatic N) is 1. The van der Waals surface area contributed by atoms with Gasteiger partial charge in [0.1, 0.15) is 6.23 Å². The van der Waals surface area contributed by atoms with Gasteiger partial charge in [-0.3, -0.25) is 10.7 Å². The minimum atomic E-state index is -0.619. The third-order valence-electron chi connectivity index (χ3n) is 2.36. The van der Waals surface area contributed by atoms with Gasteiger partial charge in [-0.25, -0.2) is 4.79 Å². The first-order valence-corrected chi connectivity index (χ1v) is 5.65. The fraction of sp³-hybridized carbons (Fsp3) is 0.143. The summed E-state index contributed by atoms with van der Waals surface area (Å²) in [6.45, 7) is 1.60. The summed E-state index contributed by atoms with van der Waals surface area (Å²) in [7, 11) is 0. The number of hydrogen-bond donors (Lipinski definition) is 1. The molecule has 0 spiro atoms. The standard InChI is InChI=1S/C14H14N2O2/c1-10(15)18-14(17)12-7-8-13(16-9-12)11-5-3-2-4-6-11/h2-10H,15H2,1H3. The van der Waals surface area contributed by atoms with E-state index in [4.69, 9.17) is 10.5 Å². The normalized spacial score (nSPS) is 11.9. The van der Waals surface area contributed by atoms with Crippen molar-refractivity contribution in [1.82, 2.24) is 4.98 Å². The van der Waals surface area contributed by atoms with Crippen LogP contribution in [0.15, 0.2) is 48.7 Å². The lowest BCUT2D eigenvalue weighted by Crippen LogP contribution is -2.23. The summed E-state index contributed by atoms with van der Waals surface area (Å²) in [6.07, 6.45) is 0.874. The number of carbonyl (C=O) groups excluding carboxylic acids is 1. The molecule has 0 saturated carbocycles. The van der Waals surface area contributed by atoms with E-state index < -0.39 is 12.2 Å². The lowest BCUT2D eigenvalue weighted by molar-refractivity contribution is 0.0355. The van der Waals surface area contributed by atoms with E-state index in [0.717, 1.165) is 11.3 Å². The molecule has 1 heterocycles. The Hall–Kier alpha value is -2.20. The molecule has 4 heteroatoms. The molecule has 4 nitrogen and oxygen atoms in total. The molecule has 0 aliphatic carbocycles. The highest BCUT2D eigenvalue weighted by Crippen LogP contribution is 2.16. The summed E-state index contributed by atoms with van der Waals surface area (Å²) in [5.74, 6) is -0.461. The van der Waals surface area contributed by atoms with Gasteiger partial charge in [0, 0.05) is 11.8 Å². The van der Waals surface area contributed by atoms with Crippen LogP contribution in [0.4, 0.5) is 0 Å². The topological polar surface area (TPSA) is 65.2 Å². The molecule has 1 unspecified atom stereocenters. The second-order valence-corrected chi connectivity index (χ2v) is 3.91. The smallest absolute Gasteiger partial charge is 0.341 e. The first kappa shape index (κ1) is 12.3. The Morgan fingerprint density at radius 1 is 1.22 bits per heavy atom. The van der Waals surface area contributed by atoms with Crippen molar-refractivity contribution in [1.29, 1.82) is 0 Å². The number of benzene rings is 1. The molecule has 1 aromatic heterocycles. The van der Waals surface area contributed by atoms with Gasteiger partial charge >= 0.3 is 5.97 Å². The molecule has 2 rings (SSSR count). The highest BCUT2D eigenvalue weighted by molar-refractivity contribution is 5.89. The van der Waals surface area contributed by atoms with Crippen molar-refractivity contribution in [2.45, 2.75) is 13.2 Å². The highest BCUT2D eigenvalue weighted by atomic mass is 16.6. The quantitative estimate of drug-likeness (QED) is 0.662. The summed E-state index contributed by atoms with van der Waals surface area (Å²) >= 11 is 0. The zero-order chi connectivity index (χ0) is 13.0. The van der Waals surface area contributed by atoms with Gasteiger partial charge in [-0.1, -0.05) is 30.3 Å². The predicted octanol–water partition coefficient (Wildman–Crippen LogP) is 2.21. The van der Waals surface area contributed by atoms with Crippen LogP contribution in [0.2, 0.25) is 0 Å². The lowest BCUT2D eigenvalue weighted by atomic mass is 10.1. The molecule has 18 heavy (non-hydrogen) atoms. The maximum absolute atomic E-state index is 11.6. The Bertz CT molecular complexity index is 521. The van der Waals surface area contributed by atoms with E-state index in [9.17, 15) is 4.79 Å². The Balaban J connectivity index is 2.18. The largest absolute Gasteiger partial charge is 0.443 e. The molecule has 0 aliphatic rings. The van der Waals surface area contributed by atoms with Gasteiger partial charge in [-0.2, -0.15) is 0 Å². The molecule has 2 aromatic rings. The number of nitrogens with two attached hydrogens (primary N) is 1. The van der Waals surface area contributed by atoms with Crippen LogP contribution < -0.4 is 5.73 Å². The van der Waals surface area contributed by atoms with Gasteiger partial charge in [0.2, 0.25) is 0 Å². The van der Waals surface area contributed by atoms with Crippen molar-refractivity contribution in [3.05, 3.63) is 54.2 Å². The van der Waals surface area contributed by atoms with Crippen LogP contribution >= 0.6 is 0 Å². The average molecular weight is 242 g/mol. The highest BCUT2D eigenvalue weighted by Gasteiger charge is 2.09. The predicted molar refractivity (Wildman–Crippen MR) is 68.7 cm³/mol. The number of aromatic nitrogens is 1. The summed E-state index contributed by atoms with van der Waals surface area (Å²) < 4.78 is 4.88. The van der Waals surface area contributed by atoms with Gasteiger partial charge in [0.05, 0.1) is 11.3 Å². The Morgan fingerprint density at radius 2 is 1.94 bits per heavy atom. The molecular weight excluding hydrogens is 228 g/mol. The molecular formula is C14H14N2O2. The minimum Gasteiger partial charge on any atom is -0.443 e. The van der Waals surface area contributed by atoms with Gasteiger partial charge in [0.25, 0.3) is 0 Å². The van der Waals surface area contributed by atoms with Crippen LogP contribution in [0.25, 0.3) is 11.3 Å². The van der Waals surface area contributed by atoms with E-state index in [-0.39, 0.29) is 0 Å². The van der Waals surface area contributed by atoms with Crippen molar-refractivity contribution in [3.8, 4) is 11.3 Å². The van der Waals surface area contributed by atoms with E-state index in [2.05, 4.69) is 4.98 Å². The van der Waals surface area contributed by atoms with Crippen molar-refractivity contribution in [2.75, 3.05) is 0 Å². The molecule has 0 radical (unpaired) electrons. The Morgan fingerprint density at radius 3 is 2.50 bits per heavy atom. The zero-order valence-electron chi connectivity index (χ0n) is 10.0. The van der Waals surface area contributed by atoms with Crippen LogP contribution in [-0.4, -0.2) is 17.2 Å². The maximum Gasteiger partial charge on any atom is 0.341 e. The number of carbonyl (C=O) groups is 1. The second kappa shape index (κ2) is 5.42. The van der Waals surface area contributed by atoms with E-state index in [1.165, 1.54) is 6.20 Å². The van der Waals surface area contributed by atoms with Crippen molar-refractivity contribution in [3.63, 3.8) is 0 Å². The second-order valence-electron chi connectivity index (χ2n) is 3.91. The number of rotatable bonds is 3. The molecule has 92 valence electrons. The van der Waals surface area contributed by atoms with E-state index >= 15 is 0 Å². The van der Waals surface area contributed by atoms with Crippen molar-refractivity contribution in [2.24, 2.45) is 5.73 Å². The molecule has 1 aromatic carbocycles. The van der Waals surface area contributed by atoms with Crippen LogP contribution in [0.1, 0.15) is 17.3 Å². The molecule has 0 fully saturated rings. The summed E-state index contributed by atoms with van der Waals surface area (Å²) in [4.78, 5) is 15.8. The molecule has 0 aliphatic heterocycles. The van der Waals surface area contributed by atoms with Crippen molar-refractivity contribution < 1.29 is 9.53 Å². The molecule has 0 saturated heterocycles. The summed E-state index contributed by atoms with van der Waals surface area (Å²) in [5, 5.41) is 0. The SMILES string of the molecule is CC(N)OC(=O)c1ccc(-c2ccccc2)nc1. The van der Waals surface area contributed by atoms with Crippen molar-refractivity contribution >= 4 is 5.97 Å². The van der Waals surface area contributed by atoms with Crippen LogP contribution in [0, 0.1) is 0 Å². The maximum atomic E-state index is 11.6. The van der Waals surface area contributed by atoms with Gasteiger partial charge in [-0.15, -0.1) is 0 Å². The van der Waals surface area contributed by atoms with E-state index in [1.807, 2.05) is 30.3 Å². The number of ether oxygens (including phenoxy) is 1. The lowest BCUT2D eigenvalue weighted by Gasteiger charge is -2.07. The van der Waals surface area contributed by atoms with Gasteiger partial charge < -0.3 is 4.74 Å². The monoisotopic (exact) mass is 242 g/mol. The number of pyridine rings is 1. The third-order valence-corrected chi connectivity index (χ3v) is 2.36. The molecule has 0 bridgehead atoms. The summed E-state index contributed by atoms with van der Waals surface area (Å²) in [6, 6.07) is 13.2. The molecule has 2 N–H and O–H groups in total. The third kappa shape index (κ3) is 2.93. The average Bonchev–Trinajstić information content (AvgIpc) is 2.39. The first-order chi connectivity index (χ1) is 8.66. The van der Waals surface area contributed by atoms with E-state index in [0.29, 0.717) is 5.56 Å². The fourth-order valence-electron chi connectivity index (χ4n) is 1.53. The van der Waals surface area contributed by atoms with Gasteiger partial charge in [-0.05, 0) is 19.1 Å². The molecule has 0 amide bonds. The van der Waals surface area contributed by atoms with E-state index in [1.54, 1.807) is 19.1 Å². The Labute approximate surface area is 105 Å². The van der Waals surface area contributed by atoms with Crippen LogP contribution in [0.5, 0.6) is 0 Å². The minimum absolute atomic E-state index is 0.395. The zero-order valence-corrected chi connectivity index (χ0v) is 10.0. The number of esters is 1.